The van der Waals surface area contributed by atoms with E-state index < -0.39 is 16.1 Å². The Bertz CT molecular complexity index is 938. The number of hydrogen-bond acceptors (Lipinski definition) is 5. The van der Waals surface area contributed by atoms with Crippen molar-refractivity contribution in [3.63, 3.8) is 0 Å². The molecule has 0 spiro atoms. The molecule has 26 heavy (non-hydrogen) atoms. The second-order valence-electron chi connectivity index (χ2n) is 5.78. The van der Waals surface area contributed by atoms with Crippen molar-refractivity contribution in [2.45, 2.75) is 23.8 Å². The van der Waals surface area contributed by atoms with E-state index in [4.69, 9.17) is 22.3 Å². The number of nitrogens with zero attached hydrogens (tertiary/aromatic N) is 1. The molecule has 9 nitrogen and oxygen atoms in total. The Kier molecular flexibility index (Phi) is 6.14. The molecule has 0 aromatic heterocycles. The van der Waals surface area contributed by atoms with Gasteiger partial charge in [0.15, 0.2) is 5.96 Å². The van der Waals surface area contributed by atoms with Crippen molar-refractivity contribution in [2.75, 3.05) is 11.9 Å². The number of aliphatic imine (C=N–C) groups is 1. The third kappa shape index (κ3) is 5.15. The lowest BCUT2D eigenvalue weighted by atomic mass is 10.1. The predicted octanol–water partition coefficient (Wildman–Crippen LogP) is -0.193. The maximum atomic E-state index is 12.2. The van der Waals surface area contributed by atoms with Gasteiger partial charge in [-0.25, -0.2) is 13.6 Å². The summed E-state index contributed by atoms with van der Waals surface area (Å²) < 4.78 is 23.3. The van der Waals surface area contributed by atoms with E-state index in [-0.39, 0.29) is 16.8 Å². The lowest BCUT2D eigenvalue weighted by Crippen LogP contribution is -2.35. The average molecular weight is 378 g/mol. The number of benzene rings is 2. The number of rotatable bonds is 7. The lowest BCUT2D eigenvalue weighted by molar-refractivity contribution is -0.117. The summed E-state index contributed by atoms with van der Waals surface area (Å²) in [7, 11) is -3.83. The molecule has 2 aromatic rings. The van der Waals surface area contributed by atoms with Crippen molar-refractivity contribution in [3.05, 3.63) is 36.4 Å². The molecule has 0 aliphatic heterocycles. The first-order valence-electron chi connectivity index (χ1n) is 7.86. The Labute approximate surface area is 151 Å². The van der Waals surface area contributed by atoms with Gasteiger partial charge in [0.2, 0.25) is 15.9 Å². The molecular formula is C16H22N6O3S. The summed E-state index contributed by atoms with van der Waals surface area (Å²) in [5, 5.41) is 9.05. The summed E-state index contributed by atoms with van der Waals surface area (Å²) >= 11 is 0. The van der Waals surface area contributed by atoms with Gasteiger partial charge in [0.1, 0.15) is 0 Å². The van der Waals surface area contributed by atoms with E-state index in [9.17, 15) is 13.2 Å². The first-order valence-corrected chi connectivity index (χ1v) is 9.40. The number of carbonyl (C=O) groups excluding carboxylic acids is 1. The summed E-state index contributed by atoms with van der Waals surface area (Å²) in [6.07, 6.45) is 0.994. The number of nitrogens with two attached hydrogens (primary N) is 4. The van der Waals surface area contributed by atoms with Gasteiger partial charge in [-0.15, -0.1) is 0 Å². The number of guanidine groups is 1. The Morgan fingerprint density at radius 3 is 2.58 bits per heavy atom. The normalized spacial score (nSPS) is 12.5. The number of amides is 1. The van der Waals surface area contributed by atoms with E-state index in [0.29, 0.717) is 35.8 Å². The monoisotopic (exact) mass is 378 g/mol. The minimum Gasteiger partial charge on any atom is -0.370 e. The van der Waals surface area contributed by atoms with Crippen LogP contribution in [0, 0.1) is 0 Å². The highest BCUT2D eigenvalue weighted by Gasteiger charge is 2.15. The second-order valence-corrected chi connectivity index (χ2v) is 7.31. The fourth-order valence-corrected chi connectivity index (χ4v) is 3.23. The van der Waals surface area contributed by atoms with Gasteiger partial charge in [0.25, 0.3) is 0 Å². The zero-order valence-corrected chi connectivity index (χ0v) is 14.9. The van der Waals surface area contributed by atoms with Crippen LogP contribution in [-0.2, 0) is 14.8 Å². The number of carbonyl (C=O) groups is 1. The van der Waals surface area contributed by atoms with E-state index in [1.165, 1.54) is 6.07 Å². The molecule has 0 heterocycles. The molecule has 0 bridgehead atoms. The topological polar surface area (TPSA) is 180 Å². The van der Waals surface area contributed by atoms with E-state index in [2.05, 4.69) is 10.3 Å². The van der Waals surface area contributed by atoms with Crippen LogP contribution in [0.3, 0.4) is 0 Å². The van der Waals surface area contributed by atoms with Crippen molar-refractivity contribution in [2.24, 2.45) is 27.3 Å². The maximum absolute atomic E-state index is 12.2. The van der Waals surface area contributed by atoms with Crippen LogP contribution in [0.25, 0.3) is 10.8 Å². The number of hydrogen-bond donors (Lipinski definition) is 5. The summed E-state index contributed by atoms with van der Waals surface area (Å²) in [5.74, 6) is -0.352. The largest absolute Gasteiger partial charge is 0.370 e. The molecule has 0 radical (unpaired) electrons. The van der Waals surface area contributed by atoms with E-state index in [0.717, 1.165) is 0 Å². The van der Waals surface area contributed by atoms with Crippen LogP contribution < -0.4 is 27.7 Å². The molecule has 2 rings (SSSR count). The minimum absolute atomic E-state index is 0.00181. The van der Waals surface area contributed by atoms with Crippen LogP contribution in [0.2, 0.25) is 0 Å². The molecule has 0 unspecified atom stereocenters. The van der Waals surface area contributed by atoms with Crippen molar-refractivity contribution in [3.8, 4) is 0 Å². The maximum Gasteiger partial charge on any atom is 0.241 e. The third-order valence-electron chi connectivity index (χ3n) is 3.72. The van der Waals surface area contributed by atoms with Gasteiger partial charge in [-0.3, -0.25) is 9.79 Å². The molecule has 0 fully saturated rings. The van der Waals surface area contributed by atoms with Crippen molar-refractivity contribution >= 4 is 38.3 Å². The van der Waals surface area contributed by atoms with Crippen molar-refractivity contribution in [1.82, 2.24) is 0 Å². The van der Waals surface area contributed by atoms with E-state index in [1.54, 1.807) is 30.3 Å². The summed E-state index contributed by atoms with van der Waals surface area (Å²) in [6.45, 7) is 0.398. The van der Waals surface area contributed by atoms with Gasteiger partial charge >= 0.3 is 0 Å². The standard InChI is InChI=1S/C16H22N6O3S/c17-13(4-2-8-21-16(18)19)15(23)22-11-6-7-12-10(9-11)3-1-5-14(12)26(20,24)25/h1,3,5-7,9,13H,2,4,8,17H2,(H,22,23)(H4,18,19,21)(H2,20,24,25)/t13-/m1/s1. The molecule has 0 saturated heterocycles. The molecule has 2 aromatic carbocycles. The van der Waals surface area contributed by atoms with Crippen molar-refractivity contribution < 1.29 is 13.2 Å². The third-order valence-corrected chi connectivity index (χ3v) is 4.69. The molecule has 140 valence electrons. The number of fused-ring (bicyclic) bond motifs is 1. The first kappa shape index (κ1) is 19.6. The van der Waals surface area contributed by atoms with Crippen LogP contribution in [-0.4, -0.2) is 32.9 Å². The summed E-state index contributed by atoms with van der Waals surface area (Å²) in [5.41, 5.74) is 16.8. The molecule has 0 aliphatic carbocycles. The highest BCUT2D eigenvalue weighted by Crippen LogP contribution is 2.25. The van der Waals surface area contributed by atoms with E-state index >= 15 is 0 Å². The summed E-state index contributed by atoms with van der Waals surface area (Å²) in [6, 6.07) is 8.89. The number of nitrogens with one attached hydrogen (secondary N) is 1. The molecule has 0 aliphatic rings. The van der Waals surface area contributed by atoms with Crippen LogP contribution >= 0.6 is 0 Å². The molecule has 1 amide bonds. The van der Waals surface area contributed by atoms with Crippen LogP contribution in [0.15, 0.2) is 46.3 Å². The van der Waals surface area contributed by atoms with Gasteiger partial charge in [-0.05, 0) is 36.4 Å². The second kappa shape index (κ2) is 8.13. The Morgan fingerprint density at radius 1 is 1.19 bits per heavy atom. The number of anilines is 1. The van der Waals surface area contributed by atoms with Gasteiger partial charge in [0, 0.05) is 17.6 Å². The summed E-state index contributed by atoms with van der Waals surface area (Å²) in [4.78, 5) is 16.0. The van der Waals surface area contributed by atoms with Crippen molar-refractivity contribution in [1.29, 1.82) is 0 Å². The molecule has 10 heteroatoms. The Hall–Kier alpha value is -2.69. The number of primary sulfonamides is 1. The fraction of sp³-hybridized carbons (Fsp3) is 0.250. The quantitative estimate of drug-likeness (QED) is 0.253. The highest BCUT2D eigenvalue weighted by molar-refractivity contribution is 7.89. The zero-order chi connectivity index (χ0) is 19.3. The Morgan fingerprint density at radius 2 is 1.92 bits per heavy atom. The van der Waals surface area contributed by atoms with Gasteiger partial charge in [-0.1, -0.05) is 18.2 Å². The SMILES string of the molecule is NC(N)=NCCC[C@@H](N)C(=O)Nc1ccc2c(S(N)(=O)=O)cccc2c1. The average Bonchev–Trinajstić information content (AvgIpc) is 2.56. The molecule has 9 N–H and O–H groups in total. The lowest BCUT2D eigenvalue weighted by Gasteiger charge is -2.13. The van der Waals surface area contributed by atoms with Gasteiger partial charge in [0.05, 0.1) is 10.9 Å². The van der Waals surface area contributed by atoms with Gasteiger partial charge in [-0.2, -0.15) is 0 Å². The smallest absolute Gasteiger partial charge is 0.241 e. The molecule has 1 atom stereocenters. The number of sulfonamides is 1. The first-order chi connectivity index (χ1) is 12.2. The Balaban J connectivity index is 2.09. The highest BCUT2D eigenvalue weighted by atomic mass is 32.2. The zero-order valence-electron chi connectivity index (χ0n) is 14.1. The minimum atomic E-state index is -3.83. The van der Waals surface area contributed by atoms with Crippen LogP contribution in [0.5, 0.6) is 0 Å². The van der Waals surface area contributed by atoms with Crippen LogP contribution in [0.1, 0.15) is 12.8 Å². The van der Waals surface area contributed by atoms with E-state index in [1.807, 2.05) is 0 Å². The van der Waals surface area contributed by atoms with Gasteiger partial charge < -0.3 is 22.5 Å². The molecule has 0 saturated carbocycles. The van der Waals surface area contributed by atoms with Crippen LogP contribution in [0.4, 0.5) is 5.69 Å². The predicted molar refractivity (Wildman–Crippen MR) is 102 cm³/mol. The fourth-order valence-electron chi connectivity index (χ4n) is 2.47. The molecular weight excluding hydrogens is 356 g/mol.